The normalized spacial score (nSPS) is 19.1. The van der Waals surface area contributed by atoms with Crippen LogP contribution in [-0.2, 0) is 24.3 Å². The molecule has 0 N–H and O–H groups in total. The number of ether oxygens (including phenoxy) is 3. The van der Waals surface area contributed by atoms with Crippen molar-refractivity contribution in [1.82, 2.24) is 23.9 Å². The van der Waals surface area contributed by atoms with Crippen LogP contribution >= 0.6 is 0 Å². The van der Waals surface area contributed by atoms with Crippen LogP contribution in [0.15, 0.2) is 17.0 Å². The van der Waals surface area contributed by atoms with E-state index in [0.29, 0.717) is 30.0 Å². The van der Waals surface area contributed by atoms with E-state index in [1.165, 1.54) is 9.21 Å². The van der Waals surface area contributed by atoms with Crippen molar-refractivity contribution in [2.24, 2.45) is 0 Å². The summed E-state index contributed by atoms with van der Waals surface area (Å²) in [5.41, 5.74) is 0.455. The van der Waals surface area contributed by atoms with Crippen LogP contribution in [-0.4, -0.2) is 149 Å². The summed E-state index contributed by atoms with van der Waals surface area (Å²) in [5.74, 6) is 0.459. The molecule has 2 saturated heterocycles. The molecule has 2 fully saturated rings. The molecular weight excluding hydrogens is 574 g/mol. The van der Waals surface area contributed by atoms with Gasteiger partial charge < -0.3 is 28.9 Å². The van der Waals surface area contributed by atoms with E-state index in [0.717, 1.165) is 32.6 Å². The first-order valence-electron chi connectivity index (χ1n) is 15.0. The van der Waals surface area contributed by atoms with Crippen LogP contribution in [0.1, 0.15) is 38.3 Å². The number of benzene rings is 1. The highest BCUT2D eigenvalue weighted by molar-refractivity contribution is 7.89. The zero-order valence-electron chi connectivity index (χ0n) is 27.2. The molecule has 3 rings (SSSR count). The first kappa shape index (κ1) is 35.0. The van der Waals surface area contributed by atoms with E-state index in [2.05, 4.69) is 23.9 Å². The second kappa shape index (κ2) is 15.0. The molecule has 2 amide bonds. The smallest absolute Gasteiger partial charge is 0.410 e. The summed E-state index contributed by atoms with van der Waals surface area (Å²) in [6.07, 6.45) is 0.576. The van der Waals surface area contributed by atoms with E-state index in [4.69, 9.17) is 14.2 Å². The molecule has 2 heterocycles. The van der Waals surface area contributed by atoms with Crippen molar-refractivity contribution in [3.05, 3.63) is 23.3 Å². The fourth-order valence-electron chi connectivity index (χ4n) is 5.54. The maximum absolute atomic E-state index is 14.0. The third-order valence-corrected chi connectivity index (χ3v) is 9.92. The standard InChI is InChI=1S/C30H51N5O7S/c1-23-18-26(40-8)19-24(2)28(23)43(38,39)35-17-16-34(29(37)42-30(3,4)5)20-25(35)21-41-22-27(36)33-14-12-32(13-15-33)11-9-10-31(6)7/h18-19,25H,9-17,20-22H2,1-8H3. The Morgan fingerprint density at radius 3 is 2.14 bits per heavy atom. The number of carbonyl (C=O) groups excluding carboxylic acids is 2. The highest BCUT2D eigenvalue weighted by Crippen LogP contribution is 2.30. The van der Waals surface area contributed by atoms with Crippen molar-refractivity contribution in [1.29, 1.82) is 0 Å². The molecule has 43 heavy (non-hydrogen) atoms. The lowest BCUT2D eigenvalue weighted by Crippen LogP contribution is -2.58. The van der Waals surface area contributed by atoms with Gasteiger partial charge in [0.15, 0.2) is 0 Å². The van der Waals surface area contributed by atoms with Gasteiger partial charge in [0.25, 0.3) is 0 Å². The number of carbonyl (C=O) groups is 2. The Kier molecular flexibility index (Phi) is 12.2. The summed E-state index contributed by atoms with van der Waals surface area (Å²) < 4.78 is 46.2. The highest BCUT2D eigenvalue weighted by atomic mass is 32.2. The Balaban J connectivity index is 1.68. The van der Waals surface area contributed by atoms with Crippen LogP contribution in [0.3, 0.4) is 0 Å². The largest absolute Gasteiger partial charge is 0.497 e. The molecule has 0 bridgehead atoms. The molecule has 1 aromatic carbocycles. The monoisotopic (exact) mass is 625 g/mol. The van der Waals surface area contributed by atoms with Crippen LogP contribution in [0.5, 0.6) is 5.75 Å². The van der Waals surface area contributed by atoms with Gasteiger partial charge in [0.1, 0.15) is 18.0 Å². The van der Waals surface area contributed by atoms with Gasteiger partial charge >= 0.3 is 6.09 Å². The van der Waals surface area contributed by atoms with Gasteiger partial charge in [-0.1, -0.05) is 0 Å². The van der Waals surface area contributed by atoms with Crippen molar-refractivity contribution in [2.75, 3.05) is 93.3 Å². The number of hydrogen-bond acceptors (Lipinski definition) is 9. The third-order valence-electron chi connectivity index (χ3n) is 7.66. The summed E-state index contributed by atoms with van der Waals surface area (Å²) in [4.78, 5) is 33.9. The zero-order valence-corrected chi connectivity index (χ0v) is 28.0. The number of amides is 2. The zero-order chi connectivity index (χ0) is 31.9. The molecular formula is C30H51N5O7S. The van der Waals surface area contributed by atoms with Crippen LogP contribution < -0.4 is 4.74 Å². The maximum Gasteiger partial charge on any atom is 0.410 e. The Bertz CT molecular complexity index is 1190. The first-order valence-corrected chi connectivity index (χ1v) is 16.4. The van der Waals surface area contributed by atoms with Gasteiger partial charge in [-0.15, -0.1) is 0 Å². The van der Waals surface area contributed by atoms with E-state index in [9.17, 15) is 18.0 Å². The topological polar surface area (TPSA) is 112 Å². The third kappa shape index (κ3) is 9.77. The Morgan fingerprint density at radius 1 is 0.977 bits per heavy atom. The summed E-state index contributed by atoms with van der Waals surface area (Å²) in [7, 11) is 1.71. The van der Waals surface area contributed by atoms with Crippen molar-refractivity contribution >= 4 is 22.0 Å². The molecule has 0 saturated carbocycles. The molecule has 1 atom stereocenters. The van der Waals surface area contributed by atoms with Gasteiger partial charge in [-0.2, -0.15) is 4.31 Å². The minimum atomic E-state index is -3.96. The van der Waals surface area contributed by atoms with Crippen LogP contribution in [0.2, 0.25) is 0 Å². The van der Waals surface area contributed by atoms with Crippen molar-refractivity contribution in [2.45, 2.75) is 57.6 Å². The minimum absolute atomic E-state index is 0.0387. The summed E-state index contributed by atoms with van der Waals surface area (Å²) in [6.45, 7) is 13.9. The van der Waals surface area contributed by atoms with Crippen LogP contribution in [0.25, 0.3) is 0 Å². The first-order chi connectivity index (χ1) is 20.1. The van der Waals surface area contributed by atoms with Gasteiger partial charge in [0.05, 0.1) is 24.7 Å². The lowest BCUT2D eigenvalue weighted by molar-refractivity contribution is -0.138. The summed E-state index contributed by atoms with van der Waals surface area (Å²) in [6, 6.07) is 2.69. The highest BCUT2D eigenvalue weighted by Gasteiger charge is 2.40. The van der Waals surface area contributed by atoms with Gasteiger partial charge in [0, 0.05) is 45.8 Å². The molecule has 0 aromatic heterocycles. The van der Waals surface area contributed by atoms with E-state index < -0.39 is 27.8 Å². The van der Waals surface area contributed by atoms with Crippen molar-refractivity contribution < 1.29 is 32.2 Å². The number of hydrogen-bond donors (Lipinski definition) is 0. The Morgan fingerprint density at radius 2 is 1.58 bits per heavy atom. The predicted molar refractivity (Wildman–Crippen MR) is 165 cm³/mol. The van der Waals surface area contributed by atoms with Crippen LogP contribution in [0, 0.1) is 13.8 Å². The molecule has 13 heteroatoms. The van der Waals surface area contributed by atoms with Crippen molar-refractivity contribution in [3.8, 4) is 5.75 Å². The Hall–Kier alpha value is -2.45. The molecule has 2 aliphatic rings. The quantitative estimate of drug-likeness (QED) is 0.365. The number of nitrogens with zero attached hydrogens (tertiary/aromatic N) is 5. The summed E-state index contributed by atoms with van der Waals surface area (Å²) >= 11 is 0. The fourth-order valence-corrected chi connectivity index (χ4v) is 7.55. The number of aryl methyl sites for hydroxylation is 2. The lowest BCUT2D eigenvalue weighted by atomic mass is 10.1. The number of rotatable bonds is 11. The molecule has 0 spiro atoms. The average molecular weight is 626 g/mol. The van der Waals surface area contributed by atoms with E-state index >= 15 is 0 Å². The molecule has 2 aliphatic heterocycles. The SMILES string of the molecule is COc1cc(C)c(S(=O)(=O)N2CCN(C(=O)OC(C)(C)C)CC2COCC(=O)N2CCN(CCCN(C)C)CC2)c(C)c1. The molecule has 1 aromatic rings. The molecule has 244 valence electrons. The molecule has 12 nitrogen and oxygen atoms in total. The number of piperazine rings is 2. The lowest BCUT2D eigenvalue weighted by Gasteiger charge is -2.41. The molecule has 1 unspecified atom stereocenters. The van der Waals surface area contributed by atoms with Crippen LogP contribution in [0.4, 0.5) is 4.79 Å². The van der Waals surface area contributed by atoms with Crippen molar-refractivity contribution in [3.63, 3.8) is 0 Å². The van der Waals surface area contributed by atoms with E-state index in [-0.39, 0.29) is 43.7 Å². The Labute approximate surface area is 257 Å². The van der Waals surface area contributed by atoms with Gasteiger partial charge in [-0.25, -0.2) is 13.2 Å². The second-order valence-electron chi connectivity index (χ2n) is 12.7. The van der Waals surface area contributed by atoms with Gasteiger partial charge in [0.2, 0.25) is 15.9 Å². The van der Waals surface area contributed by atoms with Gasteiger partial charge in [-0.05, 0) is 91.5 Å². The predicted octanol–water partition coefficient (Wildman–Crippen LogP) is 2.03. The molecule has 0 radical (unpaired) electrons. The fraction of sp³-hybridized carbons (Fsp3) is 0.733. The number of sulfonamides is 1. The van der Waals surface area contributed by atoms with Gasteiger partial charge in [-0.3, -0.25) is 9.69 Å². The summed E-state index contributed by atoms with van der Waals surface area (Å²) in [5, 5.41) is 0. The second-order valence-corrected chi connectivity index (χ2v) is 14.5. The number of methoxy groups -OCH3 is 1. The van der Waals surface area contributed by atoms with E-state index in [1.54, 1.807) is 58.8 Å². The average Bonchev–Trinajstić information content (AvgIpc) is 2.91. The maximum atomic E-state index is 14.0. The molecule has 0 aliphatic carbocycles. The minimum Gasteiger partial charge on any atom is -0.497 e. The van der Waals surface area contributed by atoms with E-state index in [1.807, 2.05) is 0 Å².